The molecule has 1 aromatic carbocycles. The Labute approximate surface area is 121 Å². The van der Waals surface area contributed by atoms with Crippen molar-refractivity contribution in [2.45, 2.75) is 26.3 Å². The van der Waals surface area contributed by atoms with E-state index in [0.29, 0.717) is 0 Å². The summed E-state index contributed by atoms with van der Waals surface area (Å²) in [6.07, 6.45) is 1.82. The fourth-order valence-corrected chi connectivity index (χ4v) is 2.57. The highest BCUT2D eigenvalue weighted by molar-refractivity contribution is 14.1. The van der Waals surface area contributed by atoms with E-state index in [9.17, 15) is 4.39 Å². The molecule has 0 N–H and O–H groups in total. The first-order valence-electron chi connectivity index (χ1n) is 5.81. The van der Waals surface area contributed by atoms with Gasteiger partial charge < -0.3 is 0 Å². The van der Waals surface area contributed by atoms with Crippen LogP contribution >= 0.6 is 22.6 Å². The highest BCUT2D eigenvalue weighted by atomic mass is 127. The van der Waals surface area contributed by atoms with Crippen molar-refractivity contribution >= 4 is 35.9 Å². The van der Waals surface area contributed by atoms with Crippen molar-refractivity contribution in [3.8, 4) is 11.3 Å². The lowest BCUT2D eigenvalue weighted by atomic mass is 9.88. The second-order valence-corrected chi connectivity index (χ2v) is 6.55. The highest BCUT2D eigenvalue weighted by Crippen LogP contribution is 2.28. The molecule has 0 fully saturated rings. The van der Waals surface area contributed by atoms with Gasteiger partial charge in [-0.3, -0.25) is 4.68 Å². The zero-order chi connectivity index (χ0) is 13.5. The minimum absolute atomic E-state index is 0.127. The topological polar surface area (TPSA) is 17.8 Å². The molecule has 0 radical (unpaired) electrons. The van der Waals surface area contributed by atoms with Crippen LogP contribution in [-0.4, -0.2) is 17.6 Å². The fourth-order valence-electron chi connectivity index (χ4n) is 1.93. The predicted octanol–water partition coefficient (Wildman–Crippen LogP) is 2.31. The fraction of sp³-hybridized carbons (Fsp3) is 0.308. The molecule has 0 saturated heterocycles. The molecule has 0 saturated carbocycles. The van der Waals surface area contributed by atoms with Crippen LogP contribution in [0.4, 0.5) is 4.39 Å². The van der Waals surface area contributed by atoms with Crippen LogP contribution < -0.4 is 5.46 Å². The van der Waals surface area contributed by atoms with Gasteiger partial charge in [-0.15, -0.1) is 0 Å². The third-order valence-corrected chi connectivity index (χ3v) is 3.60. The lowest BCUT2D eigenvalue weighted by Gasteiger charge is -2.23. The first kappa shape index (κ1) is 13.6. The Bertz CT molecular complexity index is 587. The van der Waals surface area contributed by atoms with Crippen LogP contribution in [-0.2, 0) is 5.54 Å². The highest BCUT2D eigenvalue weighted by Gasteiger charge is 2.22. The largest absolute Gasteiger partial charge is 0.259 e. The quantitative estimate of drug-likeness (QED) is 0.567. The summed E-state index contributed by atoms with van der Waals surface area (Å²) in [6, 6.07) is 4.88. The SMILES string of the molecule is Bc1ccc(F)cc1-c1c(I)cnn1C(C)(C)C. The van der Waals surface area contributed by atoms with Crippen molar-refractivity contribution < 1.29 is 4.39 Å². The van der Waals surface area contributed by atoms with Gasteiger partial charge in [0, 0.05) is 0 Å². The molecule has 0 aliphatic rings. The summed E-state index contributed by atoms with van der Waals surface area (Å²) in [5, 5.41) is 4.42. The molecule has 2 rings (SSSR count). The first-order chi connectivity index (χ1) is 8.30. The van der Waals surface area contributed by atoms with Gasteiger partial charge in [-0.1, -0.05) is 11.5 Å². The van der Waals surface area contributed by atoms with E-state index in [1.54, 1.807) is 12.1 Å². The molecular weight excluding hydrogens is 341 g/mol. The van der Waals surface area contributed by atoms with E-state index in [-0.39, 0.29) is 11.4 Å². The van der Waals surface area contributed by atoms with Gasteiger partial charge >= 0.3 is 0 Å². The molecule has 0 spiro atoms. The molecule has 2 aromatic rings. The Balaban J connectivity index is 2.71. The molecule has 1 heterocycles. The summed E-state index contributed by atoms with van der Waals surface area (Å²) >= 11 is 2.25. The molecule has 0 aliphatic heterocycles. The summed E-state index contributed by atoms with van der Waals surface area (Å²) in [5.74, 6) is -0.215. The third-order valence-electron chi connectivity index (χ3n) is 2.81. The lowest BCUT2D eigenvalue weighted by molar-refractivity contribution is 0.360. The van der Waals surface area contributed by atoms with Gasteiger partial charge in [0.1, 0.15) is 13.7 Å². The van der Waals surface area contributed by atoms with Gasteiger partial charge in [0.05, 0.1) is 21.0 Å². The summed E-state index contributed by atoms with van der Waals surface area (Å²) in [5.41, 5.74) is 2.82. The van der Waals surface area contributed by atoms with Crippen LogP contribution in [0.15, 0.2) is 24.4 Å². The van der Waals surface area contributed by atoms with Crippen molar-refractivity contribution in [1.82, 2.24) is 9.78 Å². The van der Waals surface area contributed by atoms with Crippen LogP contribution in [0.1, 0.15) is 20.8 Å². The van der Waals surface area contributed by atoms with Gasteiger partial charge in [0.15, 0.2) is 0 Å². The Kier molecular flexibility index (Phi) is 3.53. The van der Waals surface area contributed by atoms with Crippen LogP contribution in [0.25, 0.3) is 11.3 Å². The lowest BCUT2D eigenvalue weighted by Crippen LogP contribution is -2.25. The number of hydrogen-bond acceptors (Lipinski definition) is 1. The average Bonchev–Trinajstić information content (AvgIpc) is 2.63. The number of nitrogens with zero attached hydrogens (tertiary/aromatic N) is 2. The van der Waals surface area contributed by atoms with E-state index in [2.05, 4.69) is 48.5 Å². The molecule has 0 bridgehead atoms. The number of hydrogen-bond donors (Lipinski definition) is 0. The van der Waals surface area contributed by atoms with E-state index in [4.69, 9.17) is 0 Å². The van der Waals surface area contributed by atoms with E-state index >= 15 is 0 Å². The van der Waals surface area contributed by atoms with E-state index in [1.807, 2.05) is 18.7 Å². The molecule has 5 heteroatoms. The predicted molar refractivity (Wildman–Crippen MR) is 83.5 cm³/mol. The van der Waals surface area contributed by atoms with Gasteiger partial charge in [-0.25, -0.2) is 4.39 Å². The molecule has 0 atom stereocenters. The minimum atomic E-state index is -0.215. The summed E-state index contributed by atoms with van der Waals surface area (Å²) in [7, 11) is 1.99. The van der Waals surface area contributed by atoms with Crippen molar-refractivity contribution in [3.63, 3.8) is 0 Å². The molecule has 1 aromatic heterocycles. The number of rotatable bonds is 1. The first-order valence-corrected chi connectivity index (χ1v) is 6.89. The van der Waals surface area contributed by atoms with Crippen LogP contribution in [0.3, 0.4) is 0 Å². The molecule has 2 nitrogen and oxygen atoms in total. The standard InChI is InChI=1S/C13H15BFIN2/c1-13(2,3)18-12(11(16)7-17-18)9-6-8(15)4-5-10(9)14/h4-7H,14H2,1-3H3. The van der Waals surface area contributed by atoms with Crippen LogP contribution in [0.5, 0.6) is 0 Å². The van der Waals surface area contributed by atoms with Crippen LogP contribution in [0.2, 0.25) is 0 Å². The molecular formula is C13H15BFIN2. The summed E-state index contributed by atoms with van der Waals surface area (Å²) in [6.45, 7) is 6.27. The van der Waals surface area contributed by atoms with Crippen molar-refractivity contribution in [1.29, 1.82) is 0 Å². The zero-order valence-electron chi connectivity index (χ0n) is 11.0. The van der Waals surface area contributed by atoms with Crippen molar-refractivity contribution in [2.75, 3.05) is 0 Å². The monoisotopic (exact) mass is 356 g/mol. The molecule has 0 unspecified atom stereocenters. The third kappa shape index (κ3) is 2.46. The second-order valence-electron chi connectivity index (χ2n) is 5.38. The van der Waals surface area contributed by atoms with E-state index < -0.39 is 0 Å². The van der Waals surface area contributed by atoms with Gasteiger partial charge in [0.25, 0.3) is 0 Å². The Morgan fingerprint density at radius 3 is 2.61 bits per heavy atom. The summed E-state index contributed by atoms with van der Waals surface area (Å²) in [4.78, 5) is 0. The minimum Gasteiger partial charge on any atom is -0.259 e. The molecule has 94 valence electrons. The maximum absolute atomic E-state index is 13.5. The summed E-state index contributed by atoms with van der Waals surface area (Å²) < 4.78 is 16.5. The van der Waals surface area contributed by atoms with Gasteiger partial charge in [-0.2, -0.15) is 5.10 Å². The molecule has 0 amide bonds. The normalized spacial score (nSPS) is 11.8. The number of benzene rings is 1. The smallest absolute Gasteiger partial charge is 0.140 e. The second kappa shape index (κ2) is 4.68. The van der Waals surface area contributed by atoms with E-state index in [1.165, 1.54) is 6.07 Å². The van der Waals surface area contributed by atoms with Crippen molar-refractivity contribution in [2.24, 2.45) is 0 Å². The maximum atomic E-state index is 13.5. The molecule has 0 aliphatic carbocycles. The Hall–Kier alpha value is -0.845. The van der Waals surface area contributed by atoms with E-state index in [0.717, 1.165) is 20.3 Å². The van der Waals surface area contributed by atoms with Gasteiger partial charge in [0.2, 0.25) is 0 Å². The zero-order valence-corrected chi connectivity index (χ0v) is 13.1. The Morgan fingerprint density at radius 1 is 1.33 bits per heavy atom. The number of aromatic nitrogens is 2. The maximum Gasteiger partial charge on any atom is 0.140 e. The average molecular weight is 356 g/mol. The Morgan fingerprint density at radius 2 is 2.00 bits per heavy atom. The number of halogens is 2. The van der Waals surface area contributed by atoms with Gasteiger partial charge in [-0.05, 0) is 61.1 Å². The van der Waals surface area contributed by atoms with Crippen LogP contribution in [0, 0.1) is 9.39 Å². The van der Waals surface area contributed by atoms with Crippen molar-refractivity contribution in [3.05, 3.63) is 33.8 Å². The molecule has 18 heavy (non-hydrogen) atoms.